The number of morpholine rings is 1. The molecule has 1 saturated heterocycles. The molecule has 8 heteroatoms. The summed E-state index contributed by atoms with van der Waals surface area (Å²) in [6.07, 6.45) is 0. The fraction of sp³-hybridized carbons (Fsp3) is 0.524. The van der Waals surface area contributed by atoms with Gasteiger partial charge in [0, 0.05) is 31.6 Å². The Hall–Kier alpha value is -1.23. The van der Waals surface area contributed by atoms with E-state index in [2.05, 4.69) is 70.5 Å². The summed E-state index contributed by atoms with van der Waals surface area (Å²) in [5, 5.41) is 7.99. The van der Waals surface area contributed by atoms with Gasteiger partial charge in [-0.05, 0) is 26.3 Å². The lowest BCUT2D eigenvalue weighted by molar-refractivity contribution is 0.0170. The minimum Gasteiger partial charge on any atom is -0.379 e. The Bertz CT molecular complexity index is 785. The smallest absolute Gasteiger partial charge is 0.191 e. The summed E-state index contributed by atoms with van der Waals surface area (Å²) < 4.78 is 5.55. The third kappa shape index (κ3) is 6.91. The van der Waals surface area contributed by atoms with Crippen LogP contribution in [0.15, 0.2) is 29.3 Å². The summed E-state index contributed by atoms with van der Waals surface area (Å²) in [5.74, 6) is 0.802. The fourth-order valence-corrected chi connectivity index (χ4v) is 4.29. The Morgan fingerprint density at radius 2 is 2.00 bits per heavy atom. The van der Waals surface area contributed by atoms with Crippen molar-refractivity contribution >= 4 is 41.3 Å². The molecule has 0 saturated carbocycles. The largest absolute Gasteiger partial charge is 0.379 e. The lowest BCUT2D eigenvalue weighted by Crippen LogP contribution is -2.46. The molecule has 0 bridgehead atoms. The molecule has 1 aliphatic heterocycles. The molecule has 6 nitrogen and oxygen atoms in total. The van der Waals surface area contributed by atoms with Crippen LogP contribution in [-0.4, -0.2) is 55.7 Å². The number of nitrogens with one attached hydrogen (secondary N) is 2. The maximum atomic E-state index is 5.55. The van der Waals surface area contributed by atoms with Crippen molar-refractivity contribution in [3.63, 3.8) is 0 Å². The highest BCUT2D eigenvalue weighted by Gasteiger charge is 2.23. The van der Waals surface area contributed by atoms with Gasteiger partial charge in [0.1, 0.15) is 5.01 Å². The summed E-state index contributed by atoms with van der Waals surface area (Å²) >= 11 is 1.73. The van der Waals surface area contributed by atoms with Gasteiger partial charge >= 0.3 is 0 Å². The summed E-state index contributed by atoms with van der Waals surface area (Å²) in [6.45, 7) is 11.3. The Labute approximate surface area is 195 Å². The van der Waals surface area contributed by atoms with Crippen LogP contribution in [-0.2, 0) is 11.3 Å². The Balaban J connectivity index is 0.00000300. The molecule has 1 unspecified atom stereocenters. The van der Waals surface area contributed by atoms with Gasteiger partial charge in [-0.2, -0.15) is 0 Å². The lowest BCUT2D eigenvalue weighted by atomic mass is 10.0. The third-order valence-corrected chi connectivity index (χ3v) is 6.15. The van der Waals surface area contributed by atoms with E-state index >= 15 is 0 Å². The predicted octanol–water partition coefficient (Wildman–Crippen LogP) is 3.42. The molecule has 1 aromatic carbocycles. The maximum Gasteiger partial charge on any atom is 0.191 e. The highest BCUT2D eigenvalue weighted by Crippen LogP contribution is 2.22. The summed E-state index contributed by atoms with van der Waals surface area (Å²) in [5.41, 5.74) is 3.72. The van der Waals surface area contributed by atoms with Crippen LogP contribution in [0.5, 0.6) is 0 Å². The molecule has 1 aromatic heterocycles. The number of benzene rings is 1. The number of aryl methyl sites for hydroxylation is 3. The number of thiazole rings is 1. The van der Waals surface area contributed by atoms with Gasteiger partial charge in [0.25, 0.3) is 0 Å². The topological polar surface area (TPSA) is 61.8 Å². The number of aliphatic imine (C=N–C) groups is 1. The molecule has 1 aliphatic rings. The molecule has 0 radical (unpaired) electrons. The van der Waals surface area contributed by atoms with Crippen LogP contribution in [0.1, 0.15) is 32.7 Å². The van der Waals surface area contributed by atoms with Crippen LogP contribution in [0.2, 0.25) is 0 Å². The molecule has 160 valence electrons. The zero-order chi connectivity index (χ0) is 19.9. The summed E-state index contributed by atoms with van der Waals surface area (Å²) in [4.78, 5) is 12.7. The Morgan fingerprint density at radius 1 is 1.24 bits per heavy atom. The van der Waals surface area contributed by atoms with E-state index in [4.69, 9.17) is 4.74 Å². The van der Waals surface area contributed by atoms with Crippen molar-refractivity contribution in [2.45, 2.75) is 33.4 Å². The van der Waals surface area contributed by atoms with Crippen molar-refractivity contribution in [1.82, 2.24) is 20.5 Å². The first kappa shape index (κ1) is 24.0. The van der Waals surface area contributed by atoms with Crippen LogP contribution in [0.25, 0.3) is 0 Å². The number of halogens is 1. The van der Waals surface area contributed by atoms with Crippen LogP contribution in [0.3, 0.4) is 0 Å². The van der Waals surface area contributed by atoms with Crippen LogP contribution >= 0.6 is 35.3 Å². The van der Waals surface area contributed by atoms with Crippen LogP contribution in [0, 0.1) is 20.8 Å². The molecular weight excluding hydrogens is 497 g/mol. The highest BCUT2D eigenvalue weighted by molar-refractivity contribution is 14.0. The van der Waals surface area contributed by atoms with E-state index in [0.717, 1.165) is 49.5 Å². The van der Waals surface area contributed by atoms with Gasteiger partial charge in [-0.3, -0.25) is 9.89 Å². The van der Waals surface area contributed by atoms with Gasteiger partial charge in [-0.25, -0.2) is 4.98 Å². The summed E-state index contributed by atoms with van der Waals surface area (Å²) in [6, 6.07) is 9.06. The zero-order valence-electron chi connectivity index (χ0n) is 17.7. The molecule has 2 heterocycles. The van der Waals surface area contributed by atoms with Gasteiger partial charge in [-0.15, -0.1) is 35.3 Å². The number of aromatic nitrogens is 1. The third-order valence-electron chi connectivity index (χ3n) is 5.08. The molecule has 1 fully saturated rings. The monoisotopic (exact) mass is 529 g/mol. The lowest BCUT2D eigenvalue weighted by Gasteiger charge is -2.35. The van der Waals surface area contributed by atoms with E-state index in [0.29, 0.717) is 6.54 Å². The standard InChI is InChI=1S/C21H31N5OS.HI/c1-15-6-5-7-18(12-15)19(26-8-10-27-11-9-26)13-23-21(22-4)24-14-20-25-16(2)17(3)28-20;/h5-7,12,19H,8-11,13-14H2,1-4H3,(H2,22,23,24);1H. The average molecular weight is 529 g/mol. The second-order valence-electron chi connectivity index (χ2n) is 7.13. The SMILES string of the molecule is CN=C(NCc1nc(C)c(C)s1)NCC(c1cccc(C)c1)N1CCOCC1.I. The van der Waals surface area contributed by atoms with Crippen molar-refractivity contribution in [3.05, 3.63) is 51.0 Å². The minimum atomic E-state index is 0. The first-order valence-corrected chi connectivity index (χ1v) is 10.6. The molecule has 3 rings (SSSR count). The van der Waals surface area contributed by atoms with E-state index in [-0.39, 0.29) is 30.0 Å². The van der Waals surface area contributed by atoms with Crippen molar-refractivity contribution < 1.29 is 4.74 Å². The van der Waals surface area contributed by atoms with Crippen molar-refractivity contribution in [1.29, 1.82) is 0 Å². The number of hydrogen-bond acceptors (Lipinski definition) is 5. The quantitative estimate of drug-likeness (QED) is 0.341. The number of nitrogens with zero attached hydrogens (tertiary/aromatic N) is 3. The molecule has 2 N–H and O–H groups in total. The number of rotatable bonds is 6. The first-order valence-electron chi connectivity index (χ1n) is 9.82. The summed E-state index contributed by atoms with van der Waals surface area (Å²) in [7, 11) is 1.81. The van der Waals surface area contributed by atoms with Crippen molar-refractivity contribution in [2.24, 2.45) is 4.99 Å². The zero-order valence-corrected chi connectivity index (χ0v) is 20.8. The highest BCUT2D eigenvalue weighted by atomic mass is 127. The number of hydrogen-bond donors (Lipinski definition) is 2. The minimum absolute atomic E-state index is 0. The second-order valence-corrected chi connectivity index (χ2v) is 8.42. The van der Waals surface area contributed by atoms with Gasteiger partial charge in [0.05, 0.1) is 31.5 Å². The maximum absolute atomic E-state index is 5.55. The average Bonchev–Trinajstić information content (AvgIpc) is 3.03. The van der Waals surface area contributed by atoms with E-state index in [9.17, 15) is 0 Å². The number of ether oxygens (including phenoxy) is 1. The molecular formula is C21H32IN5OS. The van der Waals surface area contributed by atoms with Gasteiger partial charge in [-0.1, -0.05) is 29.8 Å². The van der Waals surface area contributed by atoms with Crippen molar-refractivity contribution in [3.8, 4) is 0 Å². The Kier molecular flexibility index (Phi) is 9.81. The second kappa shape index (κ2) is 11.8. The molecule has 1 atom stereocenters. The van der Waals surface area contributed by atoms with Crippen LogP contribution < -0.4 is 10.6 Å². The van der Waals surface area contributed by atoms with Crippen LogP contribution in [0.4, 0.5) is 0 Å². The molecule has 0 aliphatic carbocycles. The molecule has 0 spiro atoms. The van der Waals surface area contributed by atoms with E-state index in [1.165, 1.54) is 16.0 Å². The Morgan fingerprint density at radius 3 is 2.62 bits per heavy atom. The van der Waals surface area contributed by atoms with E-state index < -0.39 is 0 Å². The van der Waals surface area contributed by atoms with Crippen molar-refractivity contribution in [2.75, 3.05) is 39.9 Å². The normalized spacial score (nSPS) is 16.2. The van der Waals surface area contributed by atoms with Gasteiger partial charge in [0.15, 0.2) is 5.96 Å². The molecule has 0 amide bonds. The predicted molar refractivity (Wildman–Crippen MR) is 132 cm³/mol. The van der Waals surface area contributed by atoms with Gasteiger partial charge < -0.3 is 15.4 Å². The van der Waals surface area contributed by atoms with Gasteiger partial charge in [0.2, 0.25) is 0 Å². The fourth-order valence-electron chi connectivity index (χ4n) is 3.41. The number of guanidine groups is 1. The molecule has 2 aromatic rings. The van der Waals surface area contributed by atoms with E-state index in [1.807, 2.05) is 7.05 Å². The van der Waals surface area contributed by atoms with E-state index in [1.54, 1.807) is 11.3 Å². The molecule has 29 heavy (non-hydrogen) atoms. The first-order chi connectivity index (χ1) is 13.6.